The summed E-state index contributed by atoms with van der Waals surface area (Å²) in [6.07, 6.45) is 1.67. The van der Waals surface area contributed by atoms with Crippen LogP contribution in [0.2, 0.25) is 0 Å². The highest BCUT2D eigenvalue weighted by atomic mass is 19.1. The summed E-state index contributed by atoms with van der Waals surface area (Å²) >= 11 is 0. The number of halogens is 1. The molecule has 0 unspecified atom stereocenters. The first kappa shape index (κ1) is 15.5. The molecule has 2 aromatic heterocycles. The Bertz CT molecular complexity index is 1780. The van der Waals surface area contributed by atoms with Crippen LogP contribution >= 0.6 is 0 Å². The fourth-order valence-electron chi connectivity index (χ4n) is 4.21. The van der Waals surface area contributed by atoms with Gasteiger partial charge in [0.2, 0.25) is 11.6 Å². The topological polar surface area (TPSA) is 53.7 Å². The zero-order valence-electron chi connectivity index (χ0n) is 24.5. The van der Waals surface area contributed by atoms with Crippen molar-refractivity contribution in [2.24, 2.45) is 7.05 Å². The molecule has 0 N–H and O–H groups in total. The number of nitriles is 1. The number of benzene rings is 3. The van der Waals surface area contributed by atoms with Gasteiger partial charge in [0.05, 0.1) is 11.1 Å². The predicted octanol–water partition coefficient (Wildman–Crippen LogP) is 6.59. The molecule has 166 valence electrons. The number of nitrogens with zero attached hydrogens (tertiary/aromatic N) is 3. The number of aryl methyl sites for hydroxylation is 4. The van der Waals surface area contributed by atoms with E-state index in [9.17, 15) is 9.65 Å². The molecule has 0 atom stereocenters. The Morgan fingerprint density at radius 2 is 1.71 bits per heavy atom. The lowest BCUT2D eigenvalue weighted by Gasteiger charge is -2.12. The van der Waals surface area contributed by atoms with Gasteiger partial charge in [-0.3, -0.25) is 0 Å². The van der Waals surface area contributed by atoms with Crippen molar-refractivity contribution in [3.05, 3.63) is 94.9 Å². The molecule has 0 spiro atoms. The van der Waals surface area contributed by atoms with Gasteiger partial charge in [-0.05, 0) is 78.8 Å². The van der Waals surface area contributed by atoms with Crippen LogP contribution in [0.1, 0.15) is 30.5 Å². The van der Waals surface area contributed by atoms with Crippen molar-refractivity contribution < 1.29 is 21.6 Å². The van der Waals surface area contributed by atoms with E-state index in [0.29, 0.717) is 39.4 Å². The molecular formula is C29H23FN3O+. The third-order valence-electron chi connectivity index (χ3n) is 5.80. The summed E-state index contributed by atoms with van der Waals surface area (Å²) in [5, 5.41) is 9.81. The van der Waals surface area contributed by atoms with Gasteiger partial charge in [-0.1, -0.05) is 18.2 Å². The second-order valence-electron chi connectivity index (χ2n) is 8.08. The van der Waals surface area contributed by atoms with Gasteiger partial charge in [0.25, 0.3) is 0 Å². The molecular weight excluding hydrogens is 425 g/mol. The summed E-state index contributed by atoms with van der Waals surface area (Å²) in [6.45, 7) is -3.74. The zero-order valence-corrected chi connectivity index (χ0v) is 18.5. The monoisotopic (exact) mass is 454 g/mol. The van der Waals surface area contributed by atoms with Crippen molar-refractivity contribution in [3.8, 4) is 39.9 Å². The van der Waals surface area contributed by atoms with E-state index >= 15 is 0 Å². The first-order chi connectivity index (χ1) is 18.8. The van der Waals surface area contributed by atoms with E-state index in [-0.39, 0.29) is 11.1 Å². The van der Waals surface area contributed by atoms with Crippen LogP contribution in [0.3, 0.4) is 0 Å². The van der Waals surface area contributed by atoms with Crippen molar-refractivity contribution in [1.82, 2.24) is 4.98 Å². The van der Waals surface area contributed by atoms with E-state index in [0.717, 1.165) is 17.7 Å². The van der Waals surface area contributed by atoms with Gasteiger partial charge < -0.3 is 4.42 Å². The van der Waals surface area contributed by atoms with Gasteiger partial charge in [-0.2, -0.15) is 5.26 Å². The predicted molar refractivity (Wildman–Crippen MR) is 130 cm³/mol. The molecule has 0 bridgehead atoms. The maximum absolute atomic E-state index is 14.5. The highest BCUT2D eigenvalue weighted by Gasteiger charge is 2.24. The standard InChI is InChI=1S/C29H23FN3O/c1-17-12-22(16-31)27-28(34-29(32-27)20-8-6-5-7-9-20)26(17)24-15-21(10-11-33(24)4)25-18(2)13-23(30)14-19(25)3/h5-15H,1-4H3/q+1/i2D3,3D3. The number of hydrogen-bond donors (Lipinski definition) is 0. The first-order valence-electron chi connectivity index (χ1n) is 13.5. The molecule has 5 rings (SSSR count). The lowest BCUT2D eigenvalue weighted by Crippen LogP contribution is -2.30. The van der Waals surface area contributed by atoms with Gasteiger partial charge in [0, 0.05) is 25.9 Å². The highest BCUT2D eigenvalue weighted by Crippen LogP contribution is 2.37. The smallest absolute Gasteiger partial charge is 0.227 e. The average Bonchev–Trinajstić information content (AvgIpc) is 3.33. The molecule has 0 aliphatic heterocycles. The third kappa shape index (κ3) is 3.54. The van der Waals surface area contributed by atoms with E-state index in [1.807, 2.05) is 37.3 Å². The molecule has 0 saturated heterocycles. The van der Waals surface area contributed by atoms with Crippen LogP contribution < -0.4 is 4.57 Å². The molecule has 5 aromatic rings. The number of oxazole rings is 1. The minimum atomic E-state index is -2.78. The summed E-state index contributed by atoms with van der Waals surface area (Å²) in [7, 11) is 1.77. The quantitative estimate of drug-likeness (QED) is 0.289. The Hall–Kier alpha value is -4.30. The highest BCUT2D eigenvalue weighted by molar-refractivity contribution is 5.95. The molecule has 0 aliphatic carbocycles. The number of aromatic nitrogens is 2. The van der Waals surface area contributed by atoms with Crippen molar-refractivity contribution >= 4 is 11.1 Å². The lowest BCUT2D eigenvalue weighted by atomic mass is 9.93. The van der Waals surface area contributed by atoms with Crippen molar-refractivity contribution in [2.75, 3.05) is 0 Å². The molecule has 5 heteroatoms. The van der Waals surface area contributed by atoms with Crippen LogP contribution in [0.25, 0.3) is 44.9 Å². The van der Waals surface area contributed by atoms with E-state index in [1.165, 1.54) is 0 Å². The van der Waals surface area contributed by atoms with Crippen LogP contribution in [0, 0.1) is 37.8 Å². The van der Waals surface area contributed by atoms with Gasteiger partial charge >= 0.3 is 0 Å². The minimum Gasteiger partial charge on any atom is -0.435 e. The lowest BCUT2D eigenvalue weighted by molar-refractivity contribution is -0.660. The Kier molecular flexibility index (Phi) is 3.76. The SMILES string of the molecule is [2H]C([2H])([2H])c1cc(F)cc(C([2H])([2H])[2H])c1-c1cc[n+](C)c(-c2c(C)cc(C#N)c3nc(-c4ccccc4)oc23)c1. The fourth-order valence-corrected chi connectivity index (χ4v) is 4.21. The van der Waals surface area contributed by atoms with Crippen molar-refractivity contribution in [3.63, 3.8) is 0 Å². The molecule has 0 saturated carbocycles. The molecule has 0 amide bonds. The Morgan fingerprint density at radius 3 is 2.38 bits per heavy atom. The largest absolute Gasteiger partial charge is 0.435 e. The van der Waals surface area contributed by atoms with E-state index < -0.39 is 30.6 Å². The van der Waals surface area contributed by atoms with E-state index in [1.54, 1.807) is 36.0 Å². The molecule has 0 radical (unpaired) electrons. The molecule has 4 nitrogen and oxygen atoms in total. The number of fused-ring (bicyclic) bond motifs is 1. The molecule has 0 fully saturated rings. The summed E-state index contributed by atoms with van der Waals surface area (Å²) in [4.78, 5) is 4.60. The van der Waals surface area contributed by atoms with Crippen LogP contribution in [0.15, 0.2) is 71.3 Å². The maximum atomic E-state index is 14.5. The van der Waals surface area contributed by atoms with E-state index in [2.05, 4.69) is 11.1 Å². The van der Waals surface area contributed by atoms with Gasteiger partial charge in [-0.25, -0.2) is 13.9 Å². The Balaban J connectivity index is 1.83. The van der Waals surface area contributed by atoms with Gasteiger partial charge in [-0.15, -0.1) is 0 Å². The maximum Gasteiger partial charge on any atom is 0.227 e. The van der Waals surface area contributed by atoms with Crippen molar-refractivity contribution in [1.29, 1.82) is 5.26 Å². The second-order valence-corrected chi connectivity index (χ2v) is 8.08. The van der Waals surface area contributed by atoms with Crippen LogP contribution in [0.4, 0.5) is 4.39 Å². The molecule has 0 aliphatic rings. The summed E-state index contributed by atoms with van der Waals surface area (Å²) in [5.74, 6) is -0.617. The molecule has 3 aromatic carbocycles. The normalized spacial score (nSPS) is 14.4. The minimum absolute atomic E-state index is 0.0756. The van der Waals surface area contributed by atoms with E-state index in [4.69, 9.17) is 12.6 Å². The van der Waals surface area contributed by atoms with Crippen LogP contribution in [0.5, 0.6) is 0 Å². The average molecular weight is 455 g/mol. The van der Waals surface area contributed by atoms with Gasteiger partial charge in [0.1, 0.15) is 24.5 Å². The fraction of sp³-hybridized carbons (Fsp3) is 0.138. The molecule has 34 heavy (non-hydrogen) atoms. The number of hydrogen-bond acceptors (Lipinski definition) is 3. The number of pyridine rings is 1. The third-order valence-corrected chi connectivity index (χ3v) is 5.80. The number of rotatable bonds is 3. The van der Waals surface area contributed by atoms with Crippen LogP contribution in [-0.2, 0) is 7.05 Å². The Labute approximate surface area is 206 Å². The first-order valence-corrected chi connectivity index (χ1v) is 10.5. The van der Waals surface area contributed by atoms with Gasteiger partial charge in [0.15, 0.2) is 11.8 Å². The summed E-state index contributed by atoms with van der Waals surface area (Å²) in [6, 6.07) is 18.1. The zero-order chi connectivity index (χ0) is 29.0. The Morgan fingerprint density at radius 1 is 0.971 bits per heavy atom. The van der Waals surface area contributed by atoms with Crippen LogP contribution in [-0.4, -0.2) is 4.98 Å². The summed E-state index contributed by atoms with van der Waals surface area (Å²) < 4.78 is 70.6. The van der Waals surface area contributed by atoms with Crippen molar-refractivity contribution in [2.45, 2.75) is 20.6 Å². The summed E-state index contributed by atoms with van der Waals surface area (Å²) in [5.41, 5.74) is 3.03. The second kappa shape index (κ2) is 8.24. The molecule has 2 heterocycles.